The van der Waals surface area contributed by atoms with Gasteiger partial charge in [0.05, 0.1) is 19.3 Å². The summed E-state index contributed by atoms with van der Waals surface area (Å²) in [6.45, 7) is 7.40. The lowest BCUT2D eigenvalue weighted by Crippen LogP contribution is -2.66. The Bertz CT molecular complexity index is 1110. The van der Waals surface area contributed by atoms with Crippen LogP contribution in [-0.4, -0.2) is 51.1 Å². The van der Waals surface area contributed by atoms with E-state index in [1.165, 1.54) is 15.3 Å². The van der Waals surface area contributed by atoms with E-state index in [0.717, 1.165) is 5.56 Å². The Kier molecular flexibility index (Phi) is 8.58. The third-order valence-electron chi connectivity index (χ3n) is 6.76. The van der Waals surface area contributed by atoms with E-state index in [9.17, 15) is 9.59 Å². The van der Waals surface area contributed by atoms with Gasteiger partial charge in [-0.3, -0.25) is 4.79 Å². The molecule has 2 amide bonds. The van der Waals surface area contributed by atoms with Gasteiger partial charge in [-0.1, -0.05) is 112 Å². The number of nitrogens with zero attached hydrogens (tertiary/aromatic N) is 1. The normalized spacial score (nSPS) is 15.1. The van der Waals surface area contributed by atoms with Crippen LogP contribution in [0.5, 0.6) is 0 Å². The van der Waals surface area contributed by atoms with Crippen LogP contribution in [0.2, 0.25) is 5.04 Å². The van der Waals surface area contributed by atoms with Gasteiger partial charge in [-0.05, 0) is 27.4 Å². The lowest BCUT2D eigenvalue weighted by Gasteiger charge is -2.43. The van der Waals surface area contributed by atoms with Gasteiger partial charge in [-0.15, -0.1) is 0 Å². The van der Waals surface area contributed by atoms with E-state index in [2.05, 4.69) is 45.0 Å². The number of hydrogen-bond donors (Lipinski definition) is 0. The average Bonchev–Trinajstić information content (AvgIpc) is 3.24. The molecule has 1 aliphatic heterocycles. The van der Waals surface area contributed by atoms with Gasteiger partial charge < -0.3 is 13.9 Å². The Morgan fingerprint density at radius 1 is 0.865 bits per heavy atom. The number of carbonyl (C=O) groups excluding carboxylic acids is 2. The second-order valence-corrected chi connectivity index (χ2v) is 14.6. The van der Waals surface area contributed by atoms with Crippen molar-refractivity contribution in [3.63, 3.8) is 0 Å². The number of amides is 2. The van der Waals surface area contributed by atoms with Gasteiger partial charge >= 0.3 is 6.09 Å². The summed E-state index contributed by atoms with van der Waals surface area (Å²) in [5, 5.41) is 2.20. The molecule has 194 valence electrons. The van der Waals surface area contributed by atoms with Crippen molar-refractivity contribution in [2.45, 2.75) is 44.9 Å². The van der Waals surface area contributed by atoms with Crippen LogP contribution in [0.1, 0.15) is 32.8 Å². The van der Waals surface area contributed by atoms with Crippen molar-refractivity contribution in [3.05, 3.63) is 96.6 Å². The number of hydrogen-bond acceptors (Lipinski definition) is 5. The van der Waals surface area contributed by atoms with Gasteiger partial charge in [0.1, 0.15) is 0 Å². The molecule has 0 bridgehead atoms. The third-order valence-corrected chi connectivity index (χ3v) is 11.8. The van der Waals surface area contributed by atoms with Gasteiger partial charge in [0.15, 0.2) is 6.61 Å². The van der Waals surface area contributed by atoms with Crippen molar-refractivity contribution in [1.29, 1.82) is 0 Å². The standard InChI is InChI=1S/C30H35NO5Si/c1-30(2,3)37(26-15-9-5-10-16-26,27-17-11-6-12-18-27)36-20-19-25(31-28(32)23-35-29(31)33)22-34-21-24-13-7-4-8-14-24/h4-18,25H,19-23H2,1-3H3/t25-/m1/s1. The Labute approximate surface area is 220 Å². The SMILES string of the molecule is CC(C)(C)[Si](OCC[C@H](COCc1ccccc1)N1C(=O)COC1=O)(c1ccccc1)c1ccccc1. The monoisotopic (exact) mass is 517 g/mol. The zero-order valence-electron chi connectivity index (χ0n) is 21.8. The van der Waals surface area contributed by atoms with Crippen LogP contribution in [0.15, 0.2) is 91.0 Å². The van der Waals surface area contributed by atoms with Crippen LogP contribution >= 0.6 is 0 Å². The maximum absolute atomic E-state index is 12.5. The van der Waals surface area contributed by atoms with E-state index in [-0.39, 0.29) is 24.2 Å². The van der Waals surface area contributed by atoms with Crippen LogP contribution in [0.3, 0.4) is 0 Å². The molecule has 1 fully saturated rings. The van der Waals surface area contributed by atoms with E-state index >= 15 is 0 Å². The van der Waals surface area contributed by atoms with E-state index in [1.807, 2.05) is 66.7 Å². The molecule has 0 radical (unpaired) electrons. The van der Waals surface area contributed by atoms with Gasteiger partial charge in [0, 0.05) is 6.61 Å². The molecule has 3 aromatic rings. The van der Waals surface area contributed by atoms with E-state index in [0.29, 0.717) is 19.6 Å². The van der Waals surface area contributed by atoms with E-state index in [4.69, 9.17) is 13.9 Å². The van der Waals surface area contributed by atoms with Gasteiger partial charge in [0.2, 0.25) is 0 Å². The molecule has 0 saturated carbocycles. The van der Waals surface area contributed by atoms with Crippen molar-refractivity contribution in [1.82, 2.24) is 4.90 Å². The minimum absolute atomic E-state index is 0.169. The van der Waals surface area contributed by atoms with Crippen LogP contribution in [-0.2, 0) is 25.3 Å². The molecule has 4 rings (SSSR count). The van der Waals surface area contributed by atoms with E-state index in [1.54, 1.807) is 0 Å². The predicted octanol–water partition coefficient (Wildman–Crippen LogP) is 4.52. The van der Waals surface area contributed by atoms with Crippen LogP contribution < -0.4 is 10.4 Å². The Morgan fingerprint density at radius 2 is 1.41 bits per heavy atom. The first kappa shape index (κ1) is 26.8. The molecule has 37 heavy (non-hydrogen) atoms. The second kappa shape index (κ2) is 11.9. The molecule has 0 aliphatic carbocycles. The molecule has 6 nitrogen and oxygen atoms in total. The number of cyclic esters (lactones) is 1. The zero-order valence-corrected chi connectivity index (χ0v) is 22.8. The molecular weight excluding hydrogens is 482 g/mol. The molecule has 1 saturated heterocycles. The van der Waals surface area contributed by atoms with Crippen LogP contribution in [0, 0.1) is 0 Å². The van der Waals surface area contributed by atoms with Gasteiger partial charge in [-0.2, -0.15) is 0 Å². The molecule has 0 N–H and O–H groups in total. The summed E-state index contributed by atoms with van der Waals surface area (Å²) in [5.74, 6) is -0.344. The van der Waals surface area contributed by atoms with Crippen molar-refractivity contribution in [2.24, 2.45) is 0 Å². The Hall–Kier alpha value is -3.26. The third kappa shape index (κ3) is 6.01. The molecule has 1 atom stereocenters. The fourth-order valence-corrected chi connectivity index (χ4v) is 9.58. The molecule has 0 aromatic heterocycles. The highest BCUT2D eigenvalue weighted by Crippen LogP contribution is 2.37. The number of ether oxygens (including phenoxy) is 2. The topological polar surface area (TPSA) is 65.1 Å². The maximum atomic E-state index is 12.5. The largest absolute Gasteiger partial charge is 0.439 e. The fourth-order valence-electron chi connectivity index (χ4n) is 5.00. The summed E-state index contributed by atoms with van der Waals surface area (Å²) >= 11 is 0. The summed E-state index contributed by atoms with van der Waals surface area (Å²) in [6.07, 6.45) is -0.177. The van der Waals surface area contributed by atoms with Crippen LogP contribution in [0.4, 0.5) is 4.79 Å². The molecule has 0 unspecified atom stereocenters. The molecule has 0 spiro atoms. The molecule has 7 heteroatoms. The predicted molar refractivity (Wildman–Crippen MR) is 146 cm³/mol. The first-order chi connectivity index (χ1) is 17.8. The summed E-state index contributed by atoms with van der Waals surface area (Å²) in [6, 6.07) is 30.2. The molecular formula is C30H35NO5Si. The summed E-state index contributed by atoms with van der Waals surface area (Å²) < 4.78 is 18.0. The van der Waals surface area contributed by atoms with Crippen molar-refractivity contribution in [3.8, 4) is 0 Å². The molecule has 3 aromatic carbocycles. The maximum Gasteiger partial charge on any atom is 0.417 e. The zero-order chi connectivity index (χ0) is 26.3. The molecule has 1 aliphatic rings. The first-order valence-corrected chi connectivity index (χ1v) is 14.6. The summed E-state index contributed by atoms with van der Waals surface area (Å²) in [5.41, 5.74) is 1.03. The quantitative estimate of drug-likeness (QED) is 0.350. The highest BCUT2D eigenvalue weighted by molar-refractivity contribution is 6.99. The second-order valence-electron chi connectivity index (χ2n) is 10.3. The average molecular weight is 518 g/mol. The lowest BCUT2D eigenvalue weighted by molar-refractivity contribution is -0.128. The minimum Gasteiger partial charge on any atom is -0.439 e. The highest BCUT2D eigenvalue weighted by Gasteiger charge is 2.50. The van der Waals surface area contributed by atoms with E-state index < -0.39 is 20.5 Å². The number of benzene rings is 3. The van der Waals surface area contributed by atoms with Crippen LogP contribution in [0.25, 0.3) is 0 Å². The van der Waals surface area contributed by atoms with Crippen molar-refractivity contribution >= 4 is 30.7 Å². The molecule has 1 heterocycles. The summed E-state index contributed by atoms with van der Waals surface area (Å²) in [4.78, 5) is 26.1. The Morgan fingerprint density at radius 3 is 1.89 bits per heavy atom. The van der Waals surface area contributed by atoms with Gasteiger partial charge in [0.25, 0.3) is 14.2 Å². The smallest absolute Gasteiger partial charge is 0.417 e. The Balaban J connectivity index is 1.57. The summed E-state index contributed by atoms with van der Waals surface area (Å²) in [7, 11) is -2.73. The highest BCUT2D eigenvalue weighted by atomic mass is 28.4. The van der Waals surface area contributed by atoms with Gasteiger partial charge in [-0.25, -0.2) is 9.69 Å². The van der Waals surface area contributed by atoms with Crippen molar-refractivity contribution in [2.75, 3.05) is 19.8 Å². The number of rotatable bonds is 11. The number of imide groups is 1. The fraction of sp³-hybridized carbons (Fsp3) is 0.333. The number of carbonyl (C=O) groups is 2. The first-order valence-electron chi connectivity index (χ1n) is 12.7. The lowest BCUT2D eigenvalue weighted by atomic mass is 10.2. The minimum atomic E-state index is -2.73. The van der Waals surface area contributed by atoms with Crippen molar-refractivity contribution < 1.29 is 23.5 Å².